The Labute approximate surface area is 133 Å². The first kappa shape index (κ1) is 16.7. The lowest BCUT2D eigenvalue weighted by atomic mass is 9.96. The van der Waals surface area contributed by atoms with Crippen LogP contribution in [0.4, 0.5) is 0 Å². The van der Waals surface area contributed by atoms with Crippen LogP contribution < -0.4 is 5.32 Å². The molecule has 122 valence electrons. The maximum Gasteiger partial charge on any atom is 0.234 e. The fourth-order valence-corrected chi connectivity index (χ4v) is 3.03. The summed E-state index contributed by atoms with van der Waals surface area (Å²) < 4.78 is 2.29. The molecule has 0 atom stereocenters. The van der Waals surface area contributed by atoms with E-state index in [0.717, 1.165) is 32.5 Å². The van der Waals surface area contributed by atoms with Gasteiger partial charge in [-0.3, -0.25) is 9.69 Å². The SMILES string of the molecule is C=CCNC(=O)CN1CCC(Cn2ccnc2C(C)C)CC1. The van der Waals surface area contributed by atoms with Gasteiger partial charge in [0.1, 0.15) is 5.82 Å². The Morgan fingerprint density at radius 1 is 1.50 bits per heavy atom. The normalized spacial score (nSPS) is 16.9. The summed E-state index contributed by atoms with van der Waals surface area (Å²) in [6.07, 6.45) is 7.98. The van der Waals surface area contributed by atoms with E-state index in [1.54, 1.807) is 6.08 Å². The second-order valence-corrected chi connectivity index (χ2v) is 6.40. The van der Waals surface area contributed by atoms with Crippen molar-refractivity contribution in [1.29, 1.82) is 0 Å². The van der Waals surface area contributed by atoms with E-state index >= 15 is 0 Å². The number of piperidine rings is 1. The van der Waals surface area contributed by atoms with Crippen molar-refractivity contribution in [2.45, 2.75) is 39.2 Å². The molecule has 5 nitrogen and oxygen atoms in total. The summed E-state index contributed by atoms with van der Waals surface area (Å²) in [5.74, 6) is 2.41. The zero-order chi connectivity index (χ0) is 15.9. The van der Waals surface area contributed by atoms with Crippen LogP contribution in [0.2, 0.25) is 0 Å². The average molecular weight is 304 g/mol. The van der Waals surface area contributed by atoms with Crippen LogP contribution in [0.5, 0.6) is 0 Å². The van der Waals surface area contributed by atoms with E-state index in [0.29, 0.717) is 24.9 Å². The van der Waals surface area contributed by atoms with Crippen molar-refractivity contribution in [2.24, 2.45) is 5.92 Å². The van der Waals surface area contributed by atoms with Gasteiger partial charge in [-0.25, -0.2) is 4.98 Å². The van der Waals surface area contributed by atoms with Gasteiger partial charge in [0.05, 0.1) is 6.54 Å². The Kier molecular flexibility index (Phi) is 6.19. The maximum atomic E-state index is 11.7. The lowest BCUT2D eigenvalue weighted by Gasteiger charge is -2.32. The molecule has 1 aromatic heterocycles. The number of aromatic nitrogens is 2. The maximum absolute atomic E-state index is 11.7. The smallest absolute Gasteiger partial charge is 0.234 e. The third kappa shape index (κ3) is 4.70. The second-order valence-electron chi connectivity index (χ2n) is 6.40. The van der Waals surface area contributed by atoms with Gasteiger partial charge in [0.2, 0.25) is 5.91 Å². The third-order valence-electron chi connectivity index (χ3n) is 4.24. The molecule has 0 bridgehead atoms. The van der Waals surface area contributed by atoms with Crippen molar-refractivity contribution in [3.63, 3.8) is 0 Å². The van der Waals surface area contributed by atoms with E-state index in [1.807, 2.05) is 6.20 Å². The molecular formula is C17H28N4O. The van der Waals surface area contributed by atoms with E-state index in [1.165, 1.54) is 5.82 Å². The van der Waals surface area contributed by atoms with E-state index < -0.39 is 0 Å². The zero-order valence-electron chi connectivity index (χ0n) is 13.8. The van der Waals surface area contributed by atoms with Gasteiger partial charge in [-0.15, -0.1) is 6.58 Å². The zero-order valence-corrected chi connectivity index (χ0v) is 13.8. The van der Waals surface area contributed by atoms with E-state index in [2.05, 4.69) is 46.4 Å². The molecule has 1 aromatic rings. The molecule has 0 saturated carbocycles. The number of imidazole rings is 1. The summed E-state index contributed by atoms with van der Waals surface area (Å²) in [5.41, 5.74) is 0. The molecular weight excluding hydrogens is 276 g/mol. The largest absolute Gasteiger partial charge is 0.352 e. The number of carbonyl (C=O) groups is 1. The van der Waals surface area contributed by atoms with Crippen LogP contribution >= 0.6 is 0 Å². The van der Waals surface area contributed by atoms with E-state index in [4.69, 9.17) is 0 Å². The Morgan fingerprint density at radius 2 is 2.23 bits per heavy atom. The van der Waals surface area contributed by atoms with E-state index in [9.17, 15) is 4.79 Å². The lowest BCUT2D eigenvalue weighted by Crippen LogP contribution is -2.42. The number of rotatable bonds is 7. The Hall–Kier alpha value is -1.62. The molecule has 0 radical (unpaired) electrons. The third-order valence-corrected chi connectivity index (χ3v) is 4.24. The quantitative estimate of drug-likeness (QED) is 0.784. The molecule has 1 fully saturated rings. The minimum Gasteiger partial charge on any atom is -0.352 e. The summed E-state index contributed by atoms with van der Waals surface area (Å²) in [7, 11) is 0. The van der Waals surface area contributed by atoms with Gasteiger partial charge in [0.25, 0.3) is 0 Å². The van der Waals surface area contributed by atoms with Gasteiger partial charge < -0.3 is 9.88 Å². The first-order chi connectivity index (χ1) is 10.6. The highest BCUT2D eigenvalue weighted by atomic mass is 16.2. The molecule has 1 amide bonds. The van der Waals surface area contributed by atoms with Crippen LogP contribution in [0.15, 0.2) is 25.0 Å². The summed E-state index contributed by atoms with van der Waals surface area (Å²) >= 11 is 0. The van der Waals surface area contributed by atoms with Gasteiger partial charge >= 0.3 is 0 Å². The Morgan fingerprint density at radius 3 is 2.86 bits per heavy atom. The topological polar surface area (TPSA) is 50.2 Å². The monoisotopic (exact) mass is 304 g/mol. The van der Waals surface area contributed by atoms with Crippen molar-refractivity contribution in [3.05, 3.63) is 30.9 Å². The summed E-state index contributed by atoms with van der Waals surface area (Å²) in [6, 6.07) is 0. The van der Waals surface area contributed by atoms with Crippen LogP contribution in [-0.2, 0) is 11.3 Å². The molecule has 0 unspecified atom stereocenters. The number of amides is 1. The van der Waals surface area contributed by atoms with Crippen LogP contribution in [-0.4, -0.2) is 46.5 Å². The van der Waals surface area contributed by atoms with Crippen LogP contribution in [0.3, 0.4) is 0 Å². The number of nitrogens with one attached hydrogen (secondary N) is 1. The summed E-state index contributed by atoms with van der Waals surface area (Å²) in [4.78, 5) is 18.4. The van der Waals surface area contributed by atoms with Crippen molar-refractivity contribution in [3.8, 4) is 0 Å². The fourth-order valence-electron chi connectivity index (χ4n) is 3.03. The van der Waals surface area contributed by atoms with Gasteiger partial charge in [-0.05, 0) is 31.8 Å². The number of likely N-dealkylation sites (tertiary alicyclic amines) is 1. The van der Waals surface area contributed by atoms with Gasteiger partial charge in [0, 0.05) is 31.4 Å². The molecule has 1 aliphatic rings. The van der Waals surface area contributed by atoms with Crippen LogP contribution in [0.1, 0.15) is 38.4 Å². The lowest BCUT2D eigenvalue weighted by molar-refractivity contribution is -0.122. The molecule has 5 heteroatoms. The molecule has 2 heterocycles. The predicted octanol–water partition coefficient (Wildman–Crippen LogP) is 2.02. The molecule has 1 saturated heterocycles. The second kappa shape index (κ2) is 8.13. The number of hydrogen-bond acceptors (Lipinski definition) is 3. The highest BCUT2D eigenvalue weighted by Gasteiger charge is 2.22. The molecule has 1 aliphatic heterocycles. The van der Waals surface area contributed by atoms with Crippen LogP contribution in [0, 0.1) is 5.92 Å². The molecule has 0 aliphatic carbocycles. The fraction of sp³-hybridized carbons (Fsp3) is 0.647. The molecule has 0 aromatic carbocycles. The first-order valence-corrected chi connectivity index (χ1v) is 8.21. The van der Waals surface area contributed by atoms with Crippen molar-refractivity contribution in [1.82, 2.24) is 19.8 Å². The number of nitrogens with zero attached hydrogens (tertiary/aromatic N) is 3. The predicted molar refractivity (Wildman–Crippen MR) is 88.7 cm³/mol. The van der Waals surface area contributed by atoms with Gasteiger partial charge in [0.15, 0.2) is 0 Å². The Balaban J connectivity index is 1.76. The summed E-state index contributed by atoms with van der Waals surface area (Å²) in [5, 5.41) is 2.84. The van der Waals surface area contributed by atoms with Gasteiger partial charge in [-0.1, -0.05) is 19.9 Å². The first-order valence-electron chi connectivity index (χ1n) is 8.21. The average Bonchev–Trinajstić information content (AvgIpc) is 2.95. The Bertz CT molecular complexity index is 487. The van der Waals surface area contributed by atoms with Crippen molar-refractivity contribution in [2.75, 3.05) is 26.2 Å². The highest BCUT2D eigenvalue weighted by Crippen LogP contribution is 2.21. The molecule has 0 spiro atoms. The van der Waals surface area contributed by atoms with E-state index in [-0.39, 0.29) is 5.91 Å². The highest BCUT2D eigenvalue weighted by molar-refractivity contribution is 5.78. The summed E-state index contributed by atoms with van der Waals surface area (Å²) in [6.45, 7) is 12.1. The molecule has 2 rings (SSSR count). The minimum atomic E-state index is 0.0926. The molecule has 22 heavy (non-hydrogen) atoms. The minimum absolute atomic E-state index is 0.0926. The van der Waals surface area contributed by atoms with Crippen molar-refractivity contribution >= 4 is 5.91 Å². The number of hydrogen-bond donors (Lipinski definition) is 1. The van der Waals surface area contributed by atoms with Crippen LogP contribution in [0.25, 0.3) is 0 Å². The van der Waals surface area contributed by atoms with Crippen molar-refractivity contribution < 1.29 is 4.79 Å². The number of carbonyl (C=O) groups excluding carboxylic acids is 1. The standard InChI is InChI=1S/C17H28N4O/c1-4-7-18-16(22)13-20-9-5-15(6-10-20)12-21-11-8-19-17(21)14(2)3/h4,8,11,14-15H,1,5-7,9-10,12-13H2,2-3H3,(H,18,22). The molecule has 1 N–H and O–H groups in total. The van der Waals surface area contributed by atoms with Gasteiger partial charge in [-0.2, -0.15) is 0 Å².